The minimum atomic E-state index is 0.390. The number of nitrogens with one attached hydrogen (secondary N) is 2. The minimum absolute atomic E-state index is 0.390. The summed E-state index contributed by atoms with van der Waals surface area (Å²) >= 11 is 11.5. The Balaban J connectivity index is 2.17. The van der Waals surface area contributed by atoms with E-state index >= 15 is 0 Å². The lowest BCUT2D eigenvalue weighted by molar-refractivity contribution is 0.342. The van der Waals surface area contributed by atoms with Crippen LogP contribution in [-0.4, -0.2) is 25.9 Å². The van der Waals surface area contributed by atoms with E-state index in [1.807, 2.05) is 31.2 Å². The zero-order chi connectivity index (χ0) is 17.5. The molecule has 2 aromatic rings. The van der Waals surface area contributed by atoms with Crippen molar-refractivity contribution >= 4 is 40.3 Å². The molecule has 0 aliphatic heterocycles. The summed E-state index contributed by atoms with van der Waals surface area (Å²) in [5, 5.41) is 7.03. The molecular weight excluding hydrogens is 348 g/mol. The van der Waals surface area contributed by atoms with E-state index in [4.69, 9.17) is 38.0 Å². The van der Waals surface area contributed by atoms with Crippen molar-refractivity contribution in [3.63, 3.8) is 0 Å². The molecule has 128 valence electrons. The number of para-hydroxylation sites is 2. The van der Waals surface area contributed by atoms with Crippen LogP contribution < -0.4 is 24.8 Å². The molecule has 0 atom stereocenters. The zero-order valence-electron chi connectivity index (χ0n) is 13.7. The summed E-state index contributed by atoms with van der Waals surface area (Å²) in [4.78, 5) is 0. The van der Waals surface area contributed by atoms with Crippen LogP contribution in [0.1, 0.15) is 6.92 Å². The third kappa shape index (κ3) is 4.43. The summed E-state index contributed by atoms with van der Waals surface area (Å²) in [5.41, 5.74) is 1.41. The molecule has 2 aromatic carbocycles. The van der Waals surface area contributed by atoms with E-state index in [2.05, 4.69) is 10.6 Å². The lowest BCUT2D eigenvalue weighted by Crippen LogP contribution is -2.20. The Morgan fingerprint density at radius 3 is 2.33 bits per heavy atom. The predicted octanol–water partition coefficient (Wildman–Crippen LogP) is 4.56. The molecule has 2 N–H and O–H groups in total. The SMILES string of the molecule is CCOc1ccccc1NC(=S)Nc1cc(Cl)c(OC)cc1OC. The maximum absolute atomic E-state index is 6.16. The number of thiocarbonyl (C=S) groups is 1. The summed E-state index contributed by atoms with van der Waals surface area (Å²) < 4.78 is 16.1. The van der Waals surface area contributed by atoms with Crippen LogP contribution in [-0.2, 0) is 0 Å². The molecular formula is C17H19ClN2O3S. The van der Waals surface area contributed by atoms with Crippen molar-refractivity contribution < 1.29 is 14.2 Å². The first-order valence-electron chi connectivity index (χ1n) is 7.30. The predicted molar refractivity (Wildman–Crippen MR) is 102 cm³/mol. The van der Waals surface area contributed by atoms with Crippen molar-refractivity contribution in [1.29, 1.82) is 0 Å². The van der Waals surface area contributed by atoms with E-state index in [9.17, 15) is 0 Å². The highest BCUT2D eigenvalue weighted by molar-refractivity contribution is 7.80. The third-order valence-electron chi connectivity index (χ3n) is 3.16. The van der Waals surface area contributed by atoms with Crippen LogP contribution >= 0.6 is 23.8 Å². The Kier molecular flexibility index (Phi) is 6.52. The van der Waals surface area contributed by atoms with Crippen LogP contribution in [0.3, 0.4) is 0 Å². The lowest BCUT2D eigenvalue weighted by atomic mass is 10.2. The summed E-state index contributed by atoms with van der Waals surface area (Å²) in [7, 11) is 3.11. The molecule has 0 unspecified atom stereocenters. The molecule has 7 heteroatoms. The minimum Gasteiger partial charge on any atom is -0.495 e. The highest BCUT2D eigenvalue weighted by Crippen LogP contribution is 2.36. The van der Waals surface area contributed by atoms with Crippen LogP contribution in [0.15, 0.2) is 36.4 Å². The molecule has 0 aromatic heterocycles. The maximum Gasteiger partial charge on any atom is 0.175 e. The van der Waals surface area contributed by atoms with E-state index in [1.165, 1.54) is 0 Å². The Hall–Kier alpha value is -2.18. The summed E-state index contributed by atoms with van der Waals surface area (Å²) in [6, 6.07) is 11.0. The van der Waals surface area contributed by atoms with Crippen LogP contribution in [0.2, 0.25) is 5.02 Å². The number of hydrogen-bond acceptors (Lipinski definition) is 4. The van der Waals surface area contributed by atoms with Crippen molar-refractivity contribution in [2.75, 3.05) is 31.5 Å². The fourth-order valence-corrected chi connectivity index (χ4v) is 2.55. The van der Waals surface area contributed by atoms with Gasteiger partial charge in [0.1, 0.15) is 17.2 Å². The number of halogens is 1. The first-order valence-corrected chi connectivity index (χ1v) is 8.09. The molecule has 0 aliphatic carbocycles. The Labute approximate surface area is 151 Å². The monoisotopic (exact) mass is 366 g/mol. The fourth-order valence-electron chi connectivity index (χ4n) is 2.08. The van der Waals surface area contributed by atoms with Gasteiger partial charge in [0.25, 0.3) is 0 Å². The zero-order valence-corrected chi connectivity index (χ0v) is 15.3. The van der Waals surface area contributed by atoms with E-state index < -0.39 is 0 Å². The van der Waals surface area contributed by atoms with Gasteiger partial charge in [-0.3, -0.25) is 0 Å². The second kappa shape index (κ2) is 8.61. The first kappa shape index (κ1) is 18.2. The quantitative estimate of drug-likeness (QED) is 0.731. The van der Waals surface area contributed by atoms with E-state index in [0.29, 0.717) is 33.9 Å². The van der Waals surface area contributed by atoms with Crippen LogP contribution in [0.5, 0.6) is 17.2 Å². The molecule has 24 heavy (non-hydrogen) atoms. The van der Waals surface area contributed by atoms with Crippen molar-refractivity contribution in [3.05, 3.63) is 41.4 Å². The summed E-state index contributed by atoms with van der Waals surface area (Å²) in [6.45, 7) is 2.50. The largest absolute Gasteiger partial charge is 0.495 e. The van der Waals surface area contributed by atoms with Gasteiger partial charge in [-0.15, -0.1) is 0 Å². The van der Waals surface area contributed by atoms with E-state index in [-0.39, 0.29) is 0 Å². The number of rotatable bonds is 6. The molecule has 0 radical (unpaired) electrons. The average Bonchev–Trinajstić information content (AvgIpc) is 2.57. The average molecular weight is 367 g/mol. The van der Waals surface area contributed by atoms with Gasteiger partial charge < -0.3 is 24.8 Å². The van der Waals surface area contributed by atoms with Crippen molar-refractivity contribution in [2.45, 2.75) is 6.92 Å². The Morgan fingerprint density at radius 2 is 1.67 bits per heavy atom. The topological polar surface area (TPSA) is 51.8 Å². The molecule has 0 amide bonds. The molecule has 2 rings (SSSR count). The molecule has 5 nitrogen and oxygen atoms in total. The van der Waals surface area contributed by atoms with Gasteiger partial charge in [-0.1, -0.05) is 23.7 Å². The van der Waals surface area contributed by atoms with Gasteiger partial charge in [-0.05, 0) is 37.3 Å². The van der Waals surface area contributed by atoms with Gasteiger partial charge >= 0.3 is 0 Å². The Morgan fingerprint density at radius 1 is 1.00 bits per heavy atom. The molecule has 0 saturated heterocycles. The van der Waals surface area contributed by atoms with E-state index in [1.54, 1.807) is 26.4 Å². The van der Waals surface area contributed by atoms with Crippen molar-refractivity contribution in [1.82, 2.24) is 0 Å². The first-order chi connectivity index (χ1) is 11.6. The second-order valence-corrected chi connectivity index (χ2v) is 5.51. The standard InChI is InChI=1S/C17H19ClN2O3S/c1-4-23-14-8-6-5-7-12(14)19-17(24)20-13-9-11(18)15(21-2)10-16(13)22-3/h5-10H,4H2,1-3H3,(H2,19,20,24). The van der Waals surface area contributed by atoms with Gasteiger partial charge in [-0.2, -0.15) is 0 Å². The van der Waals surface area contributed by atoms with Crippen LogP contribution in [0.25, 0.3) is 0 Å². The second-order valence-electron chi connectivity index (χ2n) is 4.70. The highest BCUT2D eigenvalue weighted by atomic mass is 35.5. The number of methoxy groups -OCH3 is 2. The van der Waals surface area contributed by atoms with Gasteiger partial charge in [-0.25, -0.2) is 0 Å². The molecule has 0 spiro atoms. The normalized spacial score (nSPS) is 10.0. The van der Waals surface area contributed by atoms with Crippen molar-refractivity contribution in [2.24, 2.45) is 0 Å². The van der Waals surface area contributed by atoms with Gasteiger partial charge in [0.2, 0.25) is 0 Å². The molecule has 0 aliphatic rings. The molecule has 0 bridgehead atoms. The van der Waals surface area contributed by atoms with Gasteiger partial charge in [0, 0.05) is 6.07 Å². The number of ether oxygens (including phenoxy) is 3. The van der Waals surface area contributed by atoms with Gasteiger partial charge in [0.15, 0.2) is 5.11 Å². The molecule has 0 heterocycles. The molecule has 0 saturated carbocycles. The Bertz CT molecular complexity index is 725. The summed E-state index contributed by atoms with van der Waals surface area (Å²) in [5.74, 6) is 1.82. The van der Waals surface area contributed by atoms with Crippen LogP contribution in [0.4, 0.5) is 11.4 Å². The van der Waals surface area contributed by atoms with Gasteiger partial charge in [0.05, 0.1) is 37.2 Å². The maximum atomic E-state index is 6.16. The number of benzene rings is 2. The fraction of sp³-hybridized carbons (Fsp3) is 0.235. The van der Waals surface area contributed by atoms with Crippen molar-refractivity contribution in [3.8, 4) is 17.2 Å². The number of anilines is 2. The smallest absolute Gasteiger partial charge is 0.175 e. The lowest BCUT2D eigenvalue weighted by Gasteiger charge is -2.16. The van der Waals surface area contributed by atoms with Crippen LogP contribution in [0, 0.1) is 0 Å². The number of hydrogen-bond donors (Lipinski definition) is 2. The molecule has 0 fully saturated rings. The summed E-state index contributed by atoms with van der Waals surface area (Å²) in [6.07, 6.45) is 0. The highest BCUT2D eigenvalue weighted by Gasteiger charge is 2.12. The van der Waals surface area contributed by atoms with E-state index in [0.717, 1.165) is 11.4 Å². The third-order valence-corrected chi connectivity index (χ3v) is 3.66.